The molecule has 0 aromatic heterocycles. The van der Waals surface area contributed by atoms with Crippen LogP contribution in [0.25, 0.3) is 0 Å². The first kappa shape index (κ1) is 18.9. The largest absolute Gasteiger partial charge is 0.325 e. The monoisotopic (exact) mass is 390 g/mol. The van der Waals surface area contributed by atoms with Crippen LogP contribution < -0.4 is 5.32 Å². The predicted octanol–water partition coefficient (Wildman–Crippen LogP) is 3.51. The summed E-state index contributed by atoms with van der Waals surface area (Å²) in [5, 5.41) is 2.80. The van der Waals surface area contributed by atoms with Crippen LogP contribution in [-0.2, 0) is 14.8 Å². The zero-order chi connectivity index (χ0) is 18.6. The average Bonchev–Trinajstić information content (AvgIpc) is 3.17. The van der Waals surface area contributed by atoms with Gasteiger partial charge in [0, 0.05) is 23.7 Å². The Morgan fingerprint density at radius 2 is 1.65 bits per heavy atom. The van der Waals surface area contributed by atoms with E-state index in [-0.39, 0.29) is 10.8 Å². The van der Waals surface area contributed by atoms with Gasteiger partial charge in [0.25, 0.3) is 0 Å². The van der Waals surface area contributed by atoms with Gasteiger partial charge in [-0.3, -0.25) is 4.79 Å². The zero-order valence-corrected chi connectivity index (χ0v) is 16.3. The van der Waals surface area contributed by atoms with E-state index in [4.69, 9.17) is 0 Å². The molecule has 1 N–H and O–H groups in total. The summed E-state index contributed by atoms with van der Waals surface area (Å²) in [4.78, 5) is 13.4. The van der Waals surface area contributed by atoms with Crippen molar-refractivity contribution in [3.8, 4) is 0 Å². The molecule has 7 heteroatoms. The number of sulfonamides is 1. The molecule has 1 amide bonds. The summed E-state index contributed by atoms with van der Waals surface area (Å²) < 4.78 is 26.5. The van der Waals surface area contributed by atoms with Gasteiger partial charge in [-0.05, 0) is 56.2 Å². The third-order valence-electron chi connectivity index (χ3n) is 4.23. The molecular formula is C19H22N2O3S2. The molecule has 138 valence electrons. The highest BCUT2D eigenvalue weighted by Gasteiger charge is 2.26. The summed E-state index contributed by atoms with van der Waals surface area (Å²) in [5.41, 5.74) is 1.78. The number of thioether (sulfide) groups is 1. The molecule has 3 rings (SSSR count). The Morgan fingerprint density at radius 1 is 1.04 bits per heavy atom. The molecule has 1 aliphatic heterocycles. The molecule has 0 bridgehead atoms. The highest BCUT2D eigenvalue weighted by Crippen LogP contribution is 2.23. The van der Waals surface area contributed by atoms with Crippen molar-refractivity contribution in [2.75, 3.05) is 24.2 Å². The number of benzene rings is 2. The Hall–Kier alpha value is -1.83. The molecule has 0 atom stereocenters. The van der Waals surface area contributed by atoms with Crippen LogP contribution in [0.4, 0.5) is 5.69 Å². The van der Waals surface area contributed by atoms with E-state index in [0.29, 0.717) is 24.5 Å². The molecule has 0 radical (unpaired) electrons. The van der Waals surface area contributed by atoms with Gasteiger partial charge in [-0.15, -0.1) is 11.8 Å². The van der Waals surface area contributed by atoms with Gasteiger partial charge in [-0.1, -0.05) is 17.7 Å². The highest BCUT2D eigenvalue weighted by atomic mass is 32.2. The summed E-state index contributed by atoms with van der Waals surface area (Å²) in [7, 11) is -3.42. The van der Waals surface area contributed by atoms with Gasteiger partial charge in [0.15, 0.2) is 0 Å². The third kappa shape index (κ3) is 4.66. The maximum Gasteiger partial charge on any atom is 0.243 e. The minimum atomic E-state index is -3.42. The first-order valence-electron chi connectivity index (χ1n) is 8.55. The quantitative estimate of drug-likeness (QED) is 0.767. The molecule has 0 aliphatic carbocycles. The fraction of sp³-hybridized carbons (Fsp3) is 0.316. The lowest BCUT2D eigenvalue weighted by atomic mass is 10.2. The third-order valence-corrected chi connectivity index (χ3v) is 7.16. The molecule has 0 unspecified atom stereocenters. The first-order valence-corrected chi connectivity index (χ1v) is 11.0. The van der Waals surface area contributed by atoms with Gasteiger partial charge in [0.05, 0.1) is 10.6 Å². The number of aryl methyl sites for hydroxylation is 1. The van der Waals surface area contributed by atoms with Crippen LogP contribution in [0.2, 0.25) is 0 Å². The Bertz CT molecular complexity index is 857. The van der Waals surface area contributed by atoms with E-state index in [2.05, 4.69) is 5.32 Å². The van der Waals surface area contributed by atoms with Crippen molar-refractivity contribution in [3.05, 3.63) is 54.1 Å². The van der Waals surface area contributed by atoms with Crippen LogP contribution in [0, 0.1) is 6.92 Å². The van der Waals surface area contributed by atoms with E-state index in [1.165, 1.54) is 21.6 Å². The maximum absolute atomic E-state index is 12.5. The van der Waals surface area contributed by atoms with Crippen molar-refractivity contribution >= 4 is 33.4 Å². The van der Waals surface area contributed by atoms with Crippen LogP contribution in [0.1, 0.15) is 18.4 Å². The molecule has 0 saturated carbocycles. The highest BCUT2D eigenvalue weighted by molar-refractivity contribution is 8.00. The summed E-state index contributed by atoms with van der Waals surface area (Å²) >= 11 is 1.47. The zero-order valence-electron chi connectivity index (χ0n) is 14.6. The number of rotatable bonds is 6. The number of hydrogen-bond donors (Lipinski definition) is 1. The van der Waals surface area contributed by atoms with Crippen LogP contribution in [-0.4, -0.2) is 37.5 Å². The molecule has 5 nitrogen and oxygen atoms in total. The fourth-order valence-electron chi connectivity index (χ4n) is 2.77. The van der Waals surface area contributed by atoms with Crippen molar-refractivity contribution in [2.24, 2.45) is 0 Å². The summed E-state index contributed by atoms with van der Waals surface area (Å²) in [6.45, 7) is 3.18. The second-order valence-electron chi connectivity index (χ2n) is 6.29. The molecule has 1 saturated heterocycles. The number of amides is 1. The van der Waals surface area contributed by atoms with Crippen molar-refractivity contribution in [1.82, 2.24) is 4.31 Å². The molecule has 0 spiro atoms. The maximum atomic E-state index is 12.5. The predicted molar refractivity (Wildman–Crippen MR) is 105 cm³/mol. The molecule has 2 aromatic rings. The Kier molecular flexibility index (Phi) is 6.01. The first-order chi connectivity index (χ1) is 12.4. The van der Waals surface area contributed by atoms with Crippen molar-refractivity contribution in [1.29, 1.82) is 0 Å². The second-order valence-corrected chi connectivity index (χ2v) is 9.27. The molecule has 1 aliphatic rings. The van der Waals surface area contributed by atoms with E-state index < -0.39 is 10.0 Å². The molecular weight excluding hydrogens is 368 g/mol. The SMILES string of the molecule is Cc1ccc(SCC(=O)Nc2ccc(S(=O)(=O)N3CCCC3)cc2)cc1. The lowest BCUT2D eigenvalue weighted by molar-refractivity contribution is -0.113. The Morgan fingerprint density at radius 3 is 2.27 bits per heavy atom. The van der Waals surface area contributed by atoms with Crippen LogP contribution in [0.15, 0.2) is 58.3 Å². The smallest absolute Gasteiger partial charge is 0.243 e. The van der Waals surface area contributed by atoms with E-state index in [9.17, 15) is 13.2 Å². The van der Waals surface area contributed by atoms with Gasteiger partial charge in [-0.2, -0.15) is 4.31 Å². The van der Waals surface area contributed by atoms with Gasteiger partial charge in [0.1, 0.15) is 0 Å². The molecule has 1 fully saturated rings. The Labute approximate surface area is 158 Å². The molecule has 26 heavy (non-hydrogen) atoms. The summed E-state index contributed by atoms with van der Waals surface area (Å²) in [6.07, 6.45) is 1.82. The van der Waals surface area contributed by atoms with Crippen molar-refractivity contribution < 1.29 is 13.2 Å². The summed E-state index contributed by atoms with van der Waals surface area (Å²) in [6, 6.07) is 14.4. The van der Waals surface area contributed by atoms with E-state index in [0.717, 1.165) is 17.7 Å². The lowest BCUT2D eigenvalue weighted by Crippen LogP contribution is -2.27. The van der Waals surface area contributed by atoms with Gasteiger partial charge in [0.2, 0.25) is 15.9 Å². The second kappa shape index (κ2) is 8.24. The van der Waals surface area contributed by atoms with Gasteiger partial charge in [-0.25, -0.2) is 8.42 Å². The van der Waals surface area contributed by atoms with Crippen LogP contribution >= 0.6 is 11.8 Å². The number of hydrogen-bond acceptors (Lipinski definition) is 4. The number of nitrogens with zero attached hydrogens (tertiary/aromatic N) is 1. The summed E-state index contributed by atoms with van der Waals surface area (Å²) in [5.74, 6) is 0.183. The van der Waals surface area contributed by atoms with Crippen LogP contribution in [0.3, 0.4) is 0 Å². The minimum absolute atomic E-state index is 0.120. The minimum Gasteiger partial charge on any atom is -0.325 e. The number of nitrogens with one attached hydrogen (secondary N) is 1. The number of anilines is 1. The average molecular weight is 391 g/mol. The van der Waals surface area contributed by atoms with Gasteiger partial charge < -0.3 is 5.32 Å². The number of carbonyl (C=O) groups excluding carboxylic acids is 1. The van der Waals surface area contributed by atoms with E-state index in [1.54, 1.807) is 24.3 Å². The fourth-order valence-corrected chi connectivity index (χ4v) is 4.98. The van der Waals surface area contributed by atoms with Crippen molar-refractivity contribution in [3.63, 3.8) is 0 Å². The van der Waals surface area contributed by atoms with E-state index >= 15 is 0 Å². The normalized spacial score (nSPS) is 15.1. The lowest BCUT2D eigenvalue weighted by Gasteiger charge is -2.15. The van der Waals surface area contributed by atoms with Crippen molar-refractivity contribution in [2.45, 2.75) is 29.6 Å². The Balaban J connectivity index is 1.56. The molecule has 1 heterocycles. The van der Waals surface area contributed by atoms with Gasteiger partial charge >= 0.3 is 0 Å². The number of carbonyl (C=O) groups is 1. The molecule has 2 aromatic carbocycles. The standard InChI is InChI=1S/C19H22N2O3S2/c1-15-4-8-17(9-5-15)25-14-19(22)20-16-6-10-18(11-7-16)26(23,24)21-12-2-3-13-21/h4-11H,2-3,12-14H2,1H3,(H,20,22). The topological polar surface area (TPSA) is 66.5 Å². The van der Waals surface area contributed by atoms with Crippen LogP contribution in [0.5, 0.6) is 0 Å². The van der Waals surface area contributed by atoms with E-state index in [1.807, 2.05) is 31.2 Å².